The number of hydrogen-bond donors (Lipinski definition) is 3. The average Bonchev–Trinajstić information content (AvgIpc) is 2.61. The summed E-state index contributed by atoms with van der Waals surface area (Å²) in [5.74, 6) is -0.155. The molecule has 1 amide bonds. The molecule has 6 heteroatoms. The third kappa shape index (κ3) is 3.86. The molecule has 3 rings (SSSR count). The Labute approximate surface area is 159 Å². The molecule has 3 N–H and O–H groups in total. The molecular formula is C20H22N4OS. The molecule has 0 bridgehead atoms. The quantitative estimate of drug-likeness (QED) is 0.726. The standard InChI is InChI=1S/C20H22N4OS/c1-13-17(19(25)22-15-7-5-4-6-8-15)18(23-20(26)21-13)14-9-11-16(12-10-14)24(2)3/h4-12,18H,1-3H3,(H,22,25)(H2,21,23,26). The Bertz CT molecular complexity index is 844. The van der Waals surface area contributed by atoms with Crippen molar-refractivity contribution in [1.82, 2.24) is 10.6 Å². The van der Waals surface area contributed by atoms with Gasteiger partial charge in [-0.1, -0.05) is 30.3 Å². The lowest BCUT2D eigenvalue weighted by Gasteiger charge is -2.30. The lowest BCUT2D eigenvalue weighted by molar-refractivity contribution is -0.113. The molecule has 0 aromatic heterocycles. The highest BCUT2D eigenvalue weighted by Gasteiger charge is 2.29. The molecule has 2 aromatic carbocycles. The molecule has 0 fully saturated rings. The van der Waals surface area contributed by atoms with Crippen LogP contribution in [0.4, 0.5) is 11.4 Å². The maximum Gasteiger partial charge on any atom is 0.255 e. The number of carbonyl (C=O) groups is 1. The first-order valence-corrected chi connectivity index (χ1v) is 8.78. The van der Waals surface area contributed by atoms with Gasteiger partial charge in [-0.25, -0.2) is 0 Å². The number of nitrogens with one attached hydrogen (secondary N) is 3. The number of amides is 1. The van der Waals surface area contributed by atoms with Crippen LogP contribution in [0.15, 0.2) is 65.9 Å². The number of nitrogens with zero attached hydrogens (tertiary/aromatic N) is 1. The van der Waals surface area contributed by atoms with Gasteiger partial charge in [0.15, 0.2) is 5.11 Å². The van der Waals surface area contributed by atoms with Crippen LogP contribution in [0.3, 0.4) is 0 Å². The first-order chi connectivity index (χ1) is 12.5. The molecule has 0 spiro atoms. The van der Waals surface area contributed by atoms with Crippen molar-refractivity contribution in [2.75, 3.05) is 24.3 Å². The minimum Gasteiger partial charge on any atom is -0.378 e. The highest BCUT2D eigenvalue weighted by atomic mass is 32.1. The Morgan fingerprint density at radius 3 is 2.35 bits per heavy atom. The van der Waals surface area contributed by atoms with E-state index in [1.807, 2.05) is 80.5 Å². The van der Waals surface area contributed by atoms with Crippen molar-refractivity contribution in [2.45, 2.75) is 13.0 Å². The van der Waals surface area contributed by atoms with Gasteiger partial charge in [-0.15, -0.1) is 0 Å². The van der Waals surface area contributed by atoms with E-state index in [9.17, 15) is 4.79 Å². The minimum absolute atomic E-state index is 0.155. The first-order valence-electron chi connectivity index (χ1n) is 8.37. The van der Waals surface area contributed by atoms with Crippen LogP contribution in [0.5, 0.6) is 0 Å². The number of anilines is 2. The molecule has 0 aliphatic carbocycles. The van der Waals surface area contributed by atoms with Crippen LogP contribution in [0.2, 0.25) is 0 Å². The summed E-state index contributed by atoms with van der Waals surface area (Å²) in [4.78, 5) is 15.0. The second-order valence-electron chi connectivity index (χ2n) is 6.38. The summed E-state index contributed by atoms with van der Waals surface area (Å²) in [5, 5.41) is 9.75. The second kappa shape index (κ2) is 7.58. The summed E-state index contributed by atoms with van der Waals surface area (Å²) in [5.41, 5.74) is 4.22. The van der Waals surface area contributed by atoms with Crippen LogP contribution in [0.1, 0.15) is 18.5 Å². The number of rotatable bonds is 4. The van der Waals surface area contributed by atoms with Gasteiger partial charge in [0.05, 0.1) is 11.6 Å². The molecule has 0 saturated heterocycles. The molecule has 1 unspecified atom stereocenters. The predicted molar refractivity (Wildman–Crippen MR) is 110 cm³/mol. The fourth-order valence-corrected chi connectivity index (χ4v) is 3.20. The van der Waals surface area contributed by atoms with Gasteiger partial charge in [-0.05, 0) is 49.0 Å². The lowest BCUT2D eigenvalue weighted by atomic mass is 9.94. The fourth-order valence-electron chi connectivity index (χ4n) is 2.93. The molecule has 1 atom stereocenters. The molecule has 26 heavy (non-hydrogen) atoms. The minimum atomic E-state index is -0.302. The summed E-state index contributed by atoms with van der Waals surface area (Å²) in [6.07, 6.45) is 0. The molecule has 0 radical (unpaired) electrons. The maximum atomic E-state index is 12.9. The number of hydrogen-bond acceptors (Lipinski definition) is 3. The van der Waals surface area contributed by atoms with Crippen molar-refractivity contribution in [3.05, 3.63) is 71.4 Å². The molecular weight excluding hydrogens is 344 g/mol. The molecule has 5 nitrogen and oxygen atoms in total. The van der Waals surface area contributed by atoms with Crippen LogP contribution in [-0.4, -0.2) is 25.1 Å². The lowest BCUT2D eigenvalue weighted by Crippen LogP contribution is -2.45. The van der Waals surface area contributed by atoms with Crippen LogP contribution >= 0.6 is 12.2 Å². The third-order valence-electron chi connectivity index (χ3n) is 4.29. The zero-order chi connectivity index (χ0) is 18.7. The van der Waals surface area contributed by atoms with Crippen LogP contribution in [0.25, 0.3) is 0 Å². The van der Waals surface area contributed by atoms with E-state index in [4.69, 9.17) is 12.2 Å². The topological polar surface area (TPSA) is 56.4 Å². The normalized spacial score (nSPS) is 16.6. The van der Waals surface area contributed by atoms with Crippen molar-refractivity contribution in [1.29, 1.82) is 0 Å². The van der Waals surface area contributed by atoms with Gasteiger partial charge in [0.1, 0.15) is 0 Å². The van der Waals surface area contributed by atoms with E-state index in [1.165, 1.54) is 0 Å². The summed E-state index contributed by atoms with van der Waals surface area (Å²) in [7, 11) is 3.99. The Kier molecular flexibility index (Phi) is 5.23. The van der Waals surface area contributed by atoms with E-state index in [1.54, 1.807) is 0 Å². The monoisotopic (exact) mass is 366 g/mol. The van der Waals surface area contributed by atoms with E-state index < -0.39 is 0 Å². The molecule has 134 valence electrons. The predicted octanol–water partition coefficient (Wildman–Crippen LogP) is 3.18. The molecule has 1 heterocycles. The number of carbonyl (C=O) groups excluding carboxylic acids is 1. The van der Waals surface area contributed by atoms with Gasteiger partial charge in [0.2, 0.25) is 0 Å². The Morgan fingerprint density at radius 1 is 1.08 bits per heavy atom. The van der Waals surface area contributed by atoms with E-state index in [0.29, 0.717) is 10.7 Å². The second-order valence-corrected chi connectivity index (χ2v) is 6.78. The van der Waals surface area contributed by atoms with E-state index in [-0.39, 0.29) is 11.9 Å². The summed E-state index contributed by atoms with van der Waals surface area (Å²) in [6.45, 7) is 1.87. The molecule has 1 aliphatic rings. The Balaban J connectivity index is 1.92. The highest BCUT2D eigenvalue weighted by Crippen LogP contribution is 2.29. The molecule has 0 saturated carbocycles. The third-order valence-corrected chi connectivity index (χ3v) is 4.51. The van der Waals surface area contributed by atoms with Crippen molar-refractivity contribution in [3.8, 4) is 0 Å². The zero-order valence-electron chi connectivity index (χ0n) is 15.0. The number of allylic oxidation sites excluding steroid dienone is 1. The molecule has 2 aromatic rings. The smallest absolute Gasteiger partial charge is 0.255 e. The Hall–Kier alpha value is -2.86. The van der Waals surface area contributed by atoms with Gasteiger partial charge in [0.25, 0.3) is 5.91 Å². The van der Waals surface area contributed by atoms with Crippen molar-refractivity contribution in [3.63, 3.8) is 0 Å². The van der Waals surface area contributed by atoms with Crippen LogP contribution in [-0.2, 0) is 4.79 Å². The van der Waals surface area contributed by atoms with Crippen molar-refractivity contribution >= 4 is 34.6 Å². The number of thiocarbonyl (C=S) groups is 1. The number of benzene rings is 2. The highest BCUT2D eigenvalue weighted by molar-refractivity contribution is 7.80. The van der Waals surface area contributed by atoms with Gasteiger partial charge in [-0.2, -0.15) is 0 Å². The van der Waals surface area contributed by atoms with Crippen molar-refractivity contribution in [2.24, 2.45) is 0 Å². The fraction of sp³-hybridized carbons (Fsp3) is 0.200. The Morgan fingerprint density at radius 2 is 1.73 bits per heavy atom. The van der Waals surface area contributed by atoms with Gasteiger partial charge >= 0.3 is 0 Å². The average molecular weight is 366 g/mol. The number of para-hydroxylation sites is 1. The summed E-state index contributed by atoms with van der Waals surface area (Å²) in [6, 6.07) is 17.2. The van der Waals surface area contributed by atoms with E-state index in [2.05, 4.69) is 16.0 Å². The largest absolute Gasteiger partial charge is 0.378 e. The maximum absolute atomic E-state index is 12.9. The van der Waals surface area contributed by atoms with Crippen LogP contribution in [0, 0.1) is 0 Å². The van der Waals surface area contributed by atoms with Gasteiger partial charge in [0, 0.05) is 31.2 Å². The van der Waals surface area contributed by atoms with Gasteiger partial charge in [-0.3, -0.25) is 4.79 Å². The van der Waals surface area contributed by atoms with Crippen molar-refractivity contribution < 1.29 is 4.79 Å². The van der Waals surface area contributed by atoms with E-state index in [0.717, 1.165) is 22.6 Å². The SMILES string of the molecule is CC1=C(C(=O)Nc2ccccc2)C(c2ccc(N(C)C)cc2)NC(=S)N1. The van der Waals surface area contributed by atoms with Gasteiger partial charge < -0.3 is 20.9 Å². The van der Waals surface area contributed by atoms with Crippen LogP contribution < -0.4 is 20.9 Å². The zero-order valence-corrected chi connectivity index (χ0v) is 15.9. The summed E-state index contributed by atoms with van der Waals surface area (Å²) < 4.78 is 0. The van der Waals surface area contributed by atoms with E-state index >= 15 is 0 Å². The first kappa shape index (κ1) is 17.9. The molecule has 1 aliphatic heterocycles. The summed E-state index contributed by atoms with van der Waals surface area (Å²) >= 11 is 5.30.